The zero-order valence-corrected chi connectivity index (χ0v) is 13.8. The quantitative estimate of drug-likeness (QED) is 0.899. The summed E-state index contributed by atoms with van der Waals surface area (Å²) in [5, 5.41) is 2.70. The number of ether oxygens (including phenoxy) is 1. The number of rotatable bonds is 5. The zero-order chi connectivity index (χ0) is 17.0. The van der Waals surface area contributed by atoms with Crippen LogP contribution < -0.4 is 10.1 Å². The smallest absolute Gasteiger partial charge is 0.387 e. The van der Waals surface area contributed by atoms with Gasteiger partial charge in [0.2, 0.25) is 5.91 Å². The van der Waals surface area contributed by atoms with E-state index in [1.807, 2.05) is 6.92 Å². The van der Waals surface area contributed by atoms with Gasteiger partial charge in [0.05, 0.1) is 11.7 Å². The number of likely N-dealkylation sites (tertiary alicyclic amines) is 1. The van der Waals surface area contributed by atoms with E-state index in [0.717, 1.165) is 19.5 Å². The van der Waals surface area contributed by atoms with Gasteiger partial charge in [0.15, 0.2) is 0 Å². The molecule has 2 rings (SSSR count). The summed E-state index contributed by atoms with van der Waals surface area (Å²) in [6.45, 7) is 5.02. The molecule has 4 nitrogen and oxygen atoms in total. The number of amides is 1. The molecule has 1 saturated heterocycles. The summed E-state index contributed by atoms with van der Waals surface area (Å²) in [4.78, 5) is 14.6. The second-order valence-corrected chi connectivity index (χ2v) is 6.44. The van der Waals surface area contributed by atoms with Crippen LogP contribution in [0.4, 0.5) is 14.5 Å². The van der Waals surface area contributed by atoms with Crippen molar-refractivity contribution >= 4 is 11.6 Å². The van der Waals surface area contributed by atoms with Crippen molar-refractivity contribution in [3.63, 3.8) is 0 Å². The summed E-state index contributed by atoms with van der Waals surface area (Å²) in [5.74, 6) is 0.854. The summed E-state index contributed by atoms with van der Waals surface area (Å²) < 4.78 is 29.3. The highest BCUT2D eigenvalue weighted by molar-refractivity contribution is 5.95. The molecule has 0 saturated carbocycles. The van der Waals surface area contributed by atoms with Crippen LogP contribution in [0, 0.1) is 11.8 Å². The van der Waals surface area contributed by atoms with Crippen molar-refractivity contribution in [2.75, 3.05) is 18.4 Å². The lowest BCUT2D eigenvalue weighted by atomic mass is 9.91. The normalized spacial score (nSPS) is 23.6. The number of hydrogen-bond donors (Lipinski definition) is 1. The van der Waals surface area contributed by atoms with Gasteiger partial charge in [0, 0.05) is 13.1 Å². The number of halogens is 2. The molecule has 128 valence electrons. The van der Waals surface area contributed by atoms with Gasteiger partial charge in [-0.1, -0.05) is 26.0 Å². The topological polar surface area (TPSA) is 41.6 Å². The average molecular weight is 326 g/mol. The molecule has 23 heavy (non-hydrogen) atoms. The molecule has 0 spiro atoms. The Bertz CT molecular complexity index is 529. The van der Waals surface area contributed by atoms with E-state index in [2.05, 4.69) is 28.8 Å². The number of anilines is 1. The lowest BCUT2D eigenvalue weighted by Gasteiger charge is -2.38. The van der Waals surface area contributed by atoms with E-state index in [0.29, 0.717) is 11.8 Å². The van der Waals surface area contributed by atoms with E-state index in [1.165, 1.54) is 6.07 Å². The van der Waals surface area contributed by atoms with Crippen molar-refractivity contribution in [1.82, 2.24) is 4.90 Å². The third-order valence-electron chi connectivity index (χ3n) is 4.19. The van der Waals surface area contributed by atoms with Crippen molar-refractivity contribution in [2.24, 2.45) is 11.8 Å². The predicted molar refractivity (Wildman–Crippen MR) is 85.7 cm³/mol. The largest absolute Gasteiger partial charge is 0.433 e. The van der Waals surface area contributed by atoms with Crippen molar-refractivity contribution in [3.8, 4) is 5.75 Å². The van der Waals surface area contributed by atoms with E-state index in [4.69, 9.17) is 0 Å². The SMILES string of the molecule is CC1CC(C)CN(C(C)C(=O)Nc2ccccc2OC(F)F)C1. The van der Waals surface area contributed by atoms with Gasteiger partial charge in [0.25, 0.3) is 0 Å². The highest BCUT2D eigenvalue weighted by atomic mass is 19.3. The van der Waals surface area contributed by atoms with Crippen LogP contribution in [0.3, 0.4) is 0 Å². The minimum absolute atomic E-state index is 0.0246. The van der Waals surface area contributed by atoms with Crippen LogP contribution in [-0.4, -0.2) is 36.5 Å². The fourth-order valence-electron chi connectivity index (χ4n) is 3.20. The first kappa shape index (κ1) is 17.7. The van der Waals surface area contributed by atoms with Gasteiger partial charge in [-0.3, -0.25) is 9.69 Å². The van der Waals surface area contributed by atoms with Crippen LogP contribution in [-0.2, 0) is 4.79 Å². The van der Waals surface area contributed by atoms with Crippen LogP contribution >= 0.6 is 0 Å². The molecule has 1 aromatic rings. The third-order valence-corrected chi connectivity index (χ3v) is 4.19. The first-order valence-electron chi connectivity index (χ1n) is 7.95. The second-order valence-electron chi connectivity index (χ2n) is 6.44. The maximum Gasteiger partial charge on any atom is 0.387 e. The molecule has 6 heteroatoms. The number of carbonyl (C=O) groups is 1. The van der Waals surface area contributed by atoms with Crippen LogP contribution in [0.5, 0.6) is 5.75 Å². The standard InChI is InChI=1S/C17H24F2N2O2/c1-11-8-12(2)10-21(9-11)13(3)16(22)20-14-6-4-5-7-15(14)23-17(18)19/h4-7,11-13,17H,8-10H2,1-3H3,(H,20,22). The molecule has 1 fully saturated rings. The molecule has 1 heterocycles. The molecule has 3 unspecified atom stereocenters. The predicted octanol–water partition coefficient (Wildman–Crippen LogP) is 3.59. The molecule has 1 aliphatic rings. The number of hydrogen-bond acceptors (Lipinski definition) is 3. The first-order chi connectivity index (χ1) is 10.9. The number of nitrogens with one attached hydrogen (secondary N) is 1. The van der Waals surface area contributed by atoms with Gasteiger partial charge in [-0.15, -0.1) is 0 Å². The number of piperidine rings is 1. The van der Waals surface area contributed by atoms with Crippen LogP contribution in [0.1, 0.15) is 27.2 Å². The molecule has 0 aliphatic carbocycles. The van der Waals surface area contributed by atoms with Crippen molar-refractivity contribution < 1.29 is 18.3 Å². The lowest BCUT2D eigenvalue weighted by Crippen LogP contribution is -2.48. The summed E-state index contributed by atoms with van der Waals surface area (Å²) >= 11 is 0. The van der Waals surface area contributed by atoms with Crippen molar-refractivity contribution in [1.29, 1.82) is 0 Å². The third kappa shape index (κ3) is 4.89. The Morgan fingerprint density at radius 3 is 2.48 bits per heavy atom. The van der Waals surface area contributed by atoms with E-state index in [-0.39, 0.29) is 23.4 Å². The maximum atomic E-state index is 12.5. The fraction of sp³-hybridized carbons (Fsp3) is 0.588. The Labute approximate surface area is 135 Å². The van der Waals surface area contributed by atoms with Crippen LogP contribution in [0.15, 0.2) is 24.3 Å². The Kier molecular flexibility index (Phi) is 5.93. The van der Waals surface area contributed by atoms with Crippen molar-refractivity contribution in [3.05, 3.63) is 24.3 Å². The summed E-state index contributed by atoms with van der Waals surface area (Å²) in [7, 11) is 0. The van der Waals surface area contributed by atoms with Crippen LogP contribution in [0.2, 0.25) is 0 Å². The van der Waals surface area contributed by atoms with Crippen LogP contribution in [0.25, 0.3) is 0 Å². The molecule has 1 amide bonds. The minimum atomic E-state index is -2.92. The molecule has 0 bridgehead atoms. The molecule has 1 aromatic carbocycles. The average Bonchev–Trinajstić information content (AvgIpc) is 2.47. The Balaban J connectivity index is 2.04. The van der Waals surface area contributed by atoms with Gasteiger partial charge in [-0.2, -0.15) is 8.78 Å². The highest BCUT2D eigenvalue weighted by Crippen LogP contribution is 2.27. The maximum absolute atomic E-state index is 12.5. The minimum Gasteiger partial charge on any atom is -0.433 e. The molecule has 0 radical (unpaired) electrons. The van der Waals surface area contributed by atoms with E-state index in [1.54, 1.807) is 18.2 Å². The van der Waals surface area contributed by atoms with Gasteiger partial charge in [-0.05, 0) is 37.3 Å². The molecule has 1 N–H and O–H groups in total. The summed E-state index contributed by atoms with van der Waals surface area (Å²) in [6.07, 6.45) is 1.16. The molecule has 1 aliphatic heterocycles. The molecular formula is C17H24F2N2O2. The first-order valence-corrected chi connectivity index (χ1v) is 7.95. The lowest BCUT2D eigenvalue weighted by molar-refractivity contribution is -0.121. The molecule has 0 aromatic heterocycles. The Hall–Kier alpha value is -1.69. The second kappa shape index (κ2) is 7.73. The number of nitrogens with zero attached hydrogens (tertiary/aromatic N) is 1. The summed E-state index contributed by atoms with van der Waals surface area (Å²) in [5.41, 5.74) is 0.266. The van der Waals surface area contributed by atoms with Gasteiger partial charge >= 0.3 is 6.61 Å². The highest BCUT2D eigenvalue weighted by Gasteiger charge is 2.29. The number of carbonyl (C=O) groups excluding carboxylic acids is 1. The van der Waals surface area contributed by atoms with E-state index >= 15 is 0 Å². The summed E-state index contributed by atoms with van der Waals surface area (Å²) in [6, 6.07) is 5.91. The molecule has 3 atom stereocenters. The van der Waals surface area contributed by atoms with Crippen molar-refractivity contribution in [2.45, 2.75) is 39.8 Å². The number of para-hydroxylation sites is 2. The fourth-order valence-corrected chi connectivity index (χ4v) is 3.20. The Morgan fingerprint density at radius 1 is 1.26 bits per heavy atom. The van der Waals surface area contributed by atoms with E-state index in [9.17, 15) is 13.6 Å². The monoisotopic (exact) mass is 326 g/mol. The van der Waals surface area contributed by atoms with Gasteiger partial charge < -0.3 is 10.1 Å². The van der Waals surface area contributed by atoms with Gasteiger partial charge in [-0.25, -0.2) is 0 Å². The number of alkyl halides is 2. The Morgan fingerprint density at radius 2 is 1.87 bits per heavy atom. The molecular weight excluding hydrogens is 302 g/mol. The van der Waals surface area contributed by atoms with E-state index < -0.39 is 6.61 Å². The number of benzene rings is 1. The zero-order valence-electron chi connectivity index (χ0n) is 13.8. The van der Waals surface area contributed by atoms with Gasteiger partial charge in [0.1, 0.15) is 5.75 Å².